The van der Waals surface area contributed by atoms with Gasteiger partial charge in [-0.25, -0.2) is 9.80 Å². The number of nitrogens with zero attached hydrogens (tertiary/aromatic N) is 3. The Morgan fingerprint density at radius 3 is 2.75 bits per heavy atom. The van der Waals surface area contributed by atoms with Crippen molar-refractivity contribution in [2.75, 3.05) is 13.8 Å². The second-order valence-electron chi connectivity index (χ2n) is 6.03. The molecule has 1 aliphatic heterocycles. The van der Waals surface area contributed by atoms with E-state index >= 15 is 0 Å². The highest BCUT2D eigenvalue weighted by Crippen LogP contribution is 2.30. The van der Waals surface area contributed by atoms with Crippen LogP contribution < -0.4 is 4.74 Å². The Morgan fingerprint density at radius 2 is 2.07 bits per heavy atom. The summed E-state index contributed by atoms with van der Waals surface area (Å²) >= 11 is 6.41. The average molecular weight is 398 g/mol. The molecule has 0 spiro atoms. The first-order chi connectivity index (χ1) is 13.5. The zero-order valence-corrected chi connectivity index (χ0v) is 16.3. The maximum absolute atomic E-state index is 11.4. The van der Waals surface area contributed by atoms with E-state index < -0.39 is 5.97 Å². The second-order valence-corrected chi connectivity index (χ2v) is 6.44. The van der Waals surface area contributed by atoms with Gasteiger partial charge < -0.3 is 9.84 Å². The molecule has 0 radical (unpaired) electrons. The zero-order chi connectivity index (χ0) is 20.1. The van der Waals surface area contributed by atoms with E-state index in [4.69, 9.17) is 16.3 Å². The van der Waals surface area contributed by atoms with E-state index in [1.807, 2.05) is 48.5 Å². The SMILES string of the molecule is CC/C(=N\N1CN=C(c2cccc(OC)c2)C=C1c1ccccc1Cl)C(=O)O. The molecule has 0 aromatic heterocycles. The summed E-state index contributed by atoms with van der Waals surface area (Å²) in [6, 6.07) is 15.0. The van der Waals surface area contributed by atoms with Gasteiger partial charge >= 0.3 is 5.97 Å². The summed E-state index contributed by atoms with van der Waals surface area (Å²) in [6.07, 6.45) is 2.16. The van der Waals surface area contributed by atoms with E-state index in [0.29, 0.717) is 17.1 Å². The number of hydrogen-bond donors (Lipinski definition) is 1. The molecule has 0 bridgehead atoms. The maximum atomic E-state index is 11.4. The van der Waals surface area contributed by atoms with Gasteiger partial charge in [-0.1, -0.05) is 48.9 Å². The highest BCUT2D eigenvalue weighted by molar-refractivity contribution is 6.35. The number of carbonyl (C=O) groups is 1. The van der Waals surface area contributed by atoms with Crippen LogP contribution in [-0.2, 0) is 4.79 Å². The van der Waals surface area contributed by atoms with Crippen LogP contribution in [0.15, 0.2) is 64.7 Å². The highest BCUT2D eigenvalue weighted by Gasteiger charge is 2.21. The van der Waals surface area contributed by atoms with Crippen molar-refractivity contribution < 1.29 is 14.6 Å². The standard InChI is InChI=1S/C21H20ClN3O3/c1-3-18(21(26)27)24-25-13-23-19(14-7-6-8-15(11-14)28-2)12-20(25)16-9-4-5-10-17(16)22/h4-12H,3,13H2,1-2H3,(H,26,27)/b24-18+. The summed E-state index contributed by atoms with van der Waals surface area (Å²) in [5.74, 6) is -0.323. The van der Waals surface area contributed by atoms with Crippen LogP contribution in [0.5, 0.6) is 5.75 Å². The minimum absolute atomic E-state index is 0.0537. The van der Waals surface area contributed by atoms with Gasteiger partial charge in [0.15, 0.2) is 0 Å². The van der Waals surface area contributed by atoms with Crippen molar-refractivity contribution in [2.24, 2.45) is 10.1 Å². The first-order valence-corrected chi connectivity index (χ1v) is 9.15. The lowest BCUT2D eigenvalue weighted by molar-refractivity contribution is -0.129. The monoisotopic (exact) mass is 397 g/mol. The Bertz CT molecular complexity index is 982. The quantitative estimate of drug-likeness (QED) is 0.737. The van der Waals surface area contributed by atoms with E-state index in [2.05, 4.69) is 10.1 Å². The molecule has 1 heterocycles. The molecule has 144 valence electrons. The lowest BCUT2D eigenvalue weighted by Crippen LogP contribution is -2.26. The van der Waals surface area contributed by atoms with Crippen molar-refractivity contribution in [3.05, 3.63) is 70.8 Å². The fraction of sp³-hybridized carbons (Fsp3) is 0.190. The third-order valence-corrected chi connectivity index (χ3v) is 4.59. The second kappa shape index (κ2) is 8.71. The Balaban J connectivity index is 2.08. The number of carboxylic acids is 1. The Labute approximate surface area is 168 Å². The van der Waals surface area contributed by atoms with Crippen molar-refractivity contribution in [1.82, 2.24) is 5.01 Å². The molecule has 28 heavy (non-hydrogen) atoms. The average Bonchev–Trinajstić information content (AvgIpc) is 2.72. The van der Waals surface area contributed by atoms with Gasteiger partial charge in [-0.15, -0.1) is 0 Å². The lowest BCUT2D eigenvalue weighted by Gasteiger charge is -2.26. The van der Waals surface area contributed by atoms with Crippen LogP contribution >= 0.6 is 11.6 Å². The smallest absolute Gasteiger partial charge is 0.352 e. The first kappa shape index (κ1) is 19.6. The predicted octanol–water partition coefficient (Wildman–Crippen LogP) is 4.30. The summed E-state index contributed by atoms with van der Waals surface area (Å²) in [5, 5.41) is 15.8. The van der Waals surface area contributed by atoms with Gasteiger partial charge in [0.2, 0.25) is 0 Å². The van der Waals surface area contributed by atoms with Gasteiger partial charge in [0.1, 0.15) is 18.1 Å². The number of hydrogen-bond acceptors (Lipinski definition) is 5. The molecule has 1 N–H and O–H groups in total. The normalized spacial score (nSPS) is 14.4. The number of aliphatic imine (C=N–C) groups is 1. The largest absolute Gasteiger partial charge is 0.497 e. The number of carboxylic acid groups (broad SMARTS) is 1. The van der Waals surface area contributed by atoms with Crippen LogP contribution in [0.4, 0.5) is 0 Å². The van der Waals surface area contributed by atoms with E-state index in [0.717, 1.165) is 22.6 Å². The number of rotatable bonds is 6. The summed E-state index contributed by atoms with van der Waals surface area (Å²) in [6.45, 7) is 1.93. The molecule has 2 aromatic carbocycles. The molecule has 0 amide bonds. The van der Waals surface area contributed by atoms with Gasteiger partial charge in [-0.3, -0.25) is 4.99 Å². The fourth-order valence-electron chi connectivity index (χ4n) is 2.81. The fourth-order valence-corrected chi connectivity index (χ4v) is 3.04. The van der Waals surface area contributed by atoms with Crippen LogP contribution in [-0.4, -0.2) is 41.3 Å². The molecule has 2 aromatic rings. The van der Waals surface area contributed by atoms with Gasteiger partial charge in [-0.2, -0.15) is 5.10 Å². The topological polar surface area (TPSA) is 74.5 Å². The maximum Gasteiger partial charge on any atom is 0.352 e. The number of ether oxygens (including phenoxy) is 1. The van der Waals surface area contributed by atoms with Crippen molar-refractivity contribution >= 4 is 34.7 Å². The van der Waals surface area contributed by atoms with E-state index in [9.17, 15) is 9.90 Å². The molecule has 0 atom stereocenters. The highest BCUT2D eigenvalue weighted by atomic mass is 35.5. The Morgan fingerprint density at radius 1 is 1.29 bits per heavy atom. The van der Waals surface area contributed by atoms with Crippen LogP contribution in [0.3, 0.4) is 0 Å². The molecule has 0 saturated carbocycles. The molecule has 0 fully saturated rings. The van der Waals surface area contributed by atoms with Crippen LogP contribution in [0, 0.1) is 0 Å². The summed E-state index contributed by atoms with van der Waals surface area (Å²) in [7, 11) is 1.61. The van der Waals surface area contributed by atoms with Crippen molar-refractivity contribution in [1.29, 1.82) is 0 Å². The van der Waals surface area contributed by atoms with Crippen molar-refractivity contribution in [3.8, 4) is 5.75 Å². The van der Waals surface area contributed by atoms with E-state index in [1.165, 1.54) is 0 Å². The van der Waals surface area contributed by atoms with E-state index in [-0.39, 0.29) is 12.4 Å². The Kier molecular flexibility index (Phi) is 6.11. The molecule has 0 aliphatic carbocycles. The van der Waals surface area contributed by atoms with Gasteiger partial charge in [0.25, 0.3) is 0 Å². The molecular formula is C21H20ClN3O3. The van der Waals surface area contributed by atoms with Crippen LogP contribution in [0.2, 0.25) is 5.02 Å². The van der Waals surface area contributed by atoms with Gasteiger partial charge in [-0.05, 0) is 30.7 Å². The van der Waals surface area contributed by atoms with E-state index in [1.54, 1.807) is 25.1 Å². The predicted molar refractivity (Wildman–Crippen MR) is 111 cm³/mol. The van der Waals surface area contributed by atoms with Crippen molar-refractivity contribution in [3.63, 3.8) is 0 Å². The number of hydrazone groups is 1. The minimum Gasteiger partial charge on any atom is -0.497 e. The number of benzene rings is 2. The number of halogens is 1. The molecule has 0 unspecified atom stereocenters. The number of allylic oxidation sites excluding steroid dienone is 1. The van der Waals surface area contributed by atoms with Crippen molar-refractivity contribution in [2.45, 2.75) is 13.3 Å². The van der Waals surface area contributed by atoms with Gasteiger partial charge in [0.05, 0.1) is 18.5 Å². The summed E-state index contributed by atoms with van der Waals surface area (Å²) in [4.78, 5) is 16.0. The summed E-state index contributed by atoms with van der Waals surface area (Å²) in [5.41, 5.74) is 3.13. The molecular weight excluding hydrogens is 378 g/mol. The molecule has 3 rings (SSSR count). The lowest BCUT2D eigenvalue weighted by atomic mass is 10.0. The minimum atomic E-state index is -1.05. The number of aliphatic carboxylic acids is 1. The first-order valence-electron chi connectivity index (χ1n) is 8.77. The van der Waals surface area contributed by atoms with Crippen LogP contribution in [0.1, 0.15) is 24.5 Å². The third kappa shape index (κ3) is 4.23. The molecule has 1 aliphatic rings. The van der Waals surface area contributed by atoms with Crippen LogP contribution in [0.25, 0.3) is 5.70 Å². The zero-order valence-electron chi connectivity index (χ0n) is 15.6. The number of methoxy groups -OCH3 is 1. The summed E-state index contributed by atoms with van der Waals surface area (Å²) < 4.78 is 5.30. The molecule has 6 nitrogen and oxygen atoms in total. The Hall–Kier alpha value is -3.12. The molecule has 0 saturated heterocycles. The van der Waals surface area contributed by atoms with Gasteiger partial charge in [0, 0.05) is 16.1 Å². The molecule has 7 heteroatoms. The third-order valence-electron chi connectivity index (χ3n) is 4.27.